The summed E-state index contributed by atoms with van der Waals surface area (Å²) in [5.41, 5.74) is 1.69. The number of ether oxygens (including phenoxy) is 1. The van der Waals surface area contributed by atoms with Gasteiger partial charge in [-0.25, -0.2) is 0 Å². The van der Waals surface area contributed by atoms with Crippen LogP contribution in [0.15, 0.2) is 34.9 Å². The molecule has 0 saturated carbocycles. The average molecular weight is 317 g/mol. The number of hydrogen-bond acceptors (Lipinski definition) is 5. The van der Waals surface area contributed by atoms with E-state index in [0.717, 1.165) is 29.3 Å². The zero-order valence-corrected chi connectivity index (χ0v) is 13.8. The number of aryl methyl sites for hydroxylation is 1. The molecule has 2 N–H and O–H groups in total. The van der Waals surface area contributed by atoms with Gasteiger partial charge in [-0.15, -0.1) is 0 Å². The van der Waals surface area contributed by atoms with Crippen molar-refractivity contribution in [2.75, 3.05) is 12.4 Å². The lowest BCUT2D eigenvalue weighted by atomic mass is 10.2. The van der Waals surface area contributed by atoms with Crippen molar-refractivity contribution < 1.29 is 14.1 Å². The Morgan fingerprint density at radius 3 is 2.70 bits per heavy atom. The van der Waals surface area contributed by atoms with E-state index >= 15 is 0 Å². The van der Waals surface area contributed by atoms with E-state index in [9.17, 15) is 4.79 Å². The summed E-state index contributed by atoms with van der Waals surface area (Å²) in [5.74, 6) is 1.50. The highest BCUT2D eigenvalue weighted by atomic mass is 16.5. The number of methoxy groups -OCH3 is 1. The van der Waals surface area contributed by atoms with Crippen molar-refractivity contribution >= 4 is 11.6 Å². The molecule has 124 valence electrons. The van der Waals surface area contributed by atoms with E-state index in [4.69, 9.17) is 9.26 Å². The van der Waals surface area contributed by atoms with Crippen molar-refractivity contribution in [3.63, 3.8) is 0 Å². The van der Waals surface area contributed by atoms with E-state index in [2.05, 4.69) is 15.8 Å². The first-order chi connectivity index (χ1) is 11.1. The predicted octanol–water partition coefficient (Wildman–Crippen LogP) is 2.75. The number of hydrogen-bond donors (Lipinski definition) is 2. The molecule has 0 radical (unpaired) electrons. The minimum atomic E-state index is -0.0398. The Morgan fingerprint density at radius 2 is 2.09 bits per heavy atom. The zero-order chi connectivity index (χ0) is 16.7. The molecule has 1 atom stereocenters. The molecular weight excluding hydrogens is 294 g/mol. The Bertz CT molecular complexity index is 622. The van der Waals surface area contributed by atoms with Crippen LogP contribution in [0, 0.1) is 0 Å². The minimum Gasteiger partial charge on any atom is -0.497 e. The maximum absolute atomic E-state index is 12.0. The minimum absolute atomic E-state index is 0.0309. The van der Waals surface area contributed by atoms with Gasteiger partial charge in [-0.05, 0) is 37.6 Å². The molecule has 0 aliphatic heterocycles. The van der Waals surface area contributed by atoms with Crippen LogP contribution >= 0.6 is 0 Å². The summed E-state index contributed by atoms with van der Waals surface area (Å²) < 4.78 is 10.3. The lowest BCUT2D eigenvalue weighted by Gasteiger charge is -2.12. The molecule has 2 aromatic rings. The highest BCUT2D eigenvalue weighted by molar-refractivity contribution is 5.91. The number of rotatable bonds is 8. The first-order valence-electron chi connectivity index (χ1n) is 7.72. The molecule has 0 aliphatic rings. The Kier molecular flexibility index (Phi) is 6.17. The second-order valence-electron chi connectivity index (χ2n) is 5.40. The number of benzene rings is 1. The molecule has 2 rings (SSSR count). The van der Waals surface area contributed by atoms with E-state index in [1.54, 1.807) is 7.11 Å². The number of nitrogens with zero attached hydrogens (tertiary/aromatic N) is 1. The van der Waals surface area contributed by atoms with Crippen LogP contribution in [0.25, 0.3) is 0 Å². The maximum Gasteiger partial charge on any atom is 0.225 e. The maximum atomic E-state index is 12.0. The fourth-order valence-electron chi connectivity index (χ4n) is 2.12. The normalized spacial score (nSPS) is 12.0. The first-order valence-corrected chi connectivity index (χ1v) is 7.72. The van der Waals surface area contributed by atoms with Gasteiger partial charge in [0, 0.05) is 24.2 Å². The predicted molar refractivity (Wildman–Crippen MR) is 88.4 cm³/mol. The third-order valence-electron chi connectivity index (χ3n) is 3.46. The quantitative estimate of drug-likeness (QED) is 0.783. The van der Waals surface area contributed by atoms with Crippen LogP contribution in [0.4, 0.5) is 5.69 Å². The fourth-order valence-corrected chi connectivity index (χ4v) is 2.12. The second kappa shape index (κ2) is 8.33. The van der Waals surface area contributed by atoms with Crippen molar-refractivity contribution in [1.29, 1.82) is 0 Å². The number of carbonyl (C=O) groups is 1. The lowest BCUT2D eigenvalue weighted by Crippen LogP contribution is -2.30. The molecule has 6 nitrogen and oxygen atoms in total. The van der Waals surface area contributed by atoms with Crippen LogP contribution in [-0.2, 0) is 17.8 Å². The van der Waals surface area contributed by atoms with E-state index < -0.39 is 0 Å². The summed E-state index contributed by atoms with van der Waals surface area (Å²) in [7, 11) is 1.61. The van der Waals surface area contributed by atoms with E-state index in [-0.39, 0.29) is 11.9 Å². The summed E-state index contributed by atoms with van der Waals surface area (Å²) in [5, 5.41) is 10.1. The van der Waals surface area contributed by atoms with E-state index in [1.807, 2.05) is 44.2 Å². The highest BCUT2D eigenvalue weighted by Gasteiger charge is 2.10. The van der Waals surface area contributed by atoms with Gasteiger partial charge < -0.3 is 19.9 Å². The Morgan fingerprint density at radius 1 is 1.35 bits per heavy atom. The largest absolute Gasteiger partial charge is 0.497 e. The molecule has 0 fully saturated rings. The zero-order valence-electron chi connectivity index (χ0n) is 13.8. The summed E-state index contributed by atoms with van der Waals surface area (Å²) in [4.78, 5) is 12.0. The van der Waals surface area contributed by atoms with Crippen LogP contribution in [0.5, 0.6) is 5.75 Å². The van der Waals surface area contributed by atoms with Gasteiger partial charge >= 0.3 is 0 Å². The third-order valence-corrected chi connectivity index (χ3v) is 3.46. The van der Waals surface area contributed by atoms with Gasteiger partial charge in [0.25, 0.3) is 0 Å². The summed E-state index contributed by atoms with van der Waals surface area (Å²) in [6.07, 6.45) is 1.23. The second-order valence-corrected chi connectivity index (χ2v) is 5.40. The number of amides is 1. The summed E-state index contributed by atoms with van der Waals surface area (Å²) >= 11 is 0. The molecule has 1 aromatic heterocycles. The molecule has 6 heteroatoms. The highest BCUT2D eigenvalue weighted by Crippen LogP contribution is 2.15. The monoisotopic (exact) mass is 317 g/mol. The fraction of sp³-hybridized carbons (Fsp3) is 0.412. The Hall–Kier alpha value is -2.34. The topological polar surface area (TPSA) is 76.4 Å². The molecule has 0 bridgehead atoms. The molecule has 0 saturated heterocycles. The number of anilines is 1. The van der Waals surface area contributed by atoms with Gasteiger partial charge in [0.05, 0.1) is 19.3 Å². The van der Waals surface area contributed by atoms with Crippen LogP contribution < -0.4 is 15.4 Å². The van der Waals surface area contributed by atoms with Gasteiger partial charge in [-0.2, -0.15) is 0 Å². The van der Waals surface area contributed by atoms with E-state index in [1.165, 1.54) is 0 Å². The van der Waals surface area contributed by atoms with Crippen molar-refractivity contribution in [3.8, 4) is 5.75 Å². The molecule has 0 unspecified atom stereocenters. The van der Waals surface area contributed by atoms with Crippen LogP contribution in [-0.4, -0.2) is 24.2 Å². The lowest BCUT2D eigenvalue weighted by molar-refractivity contribution is -0.116. The number of aromatic nitrogens is 1. The van der Waals surface area contributed by atoms with Gasteiger partial charge in [-0.3, -0.25) is 4.79 Å². The van der Waals surface area contributed by atoms with Gasteiger partial charge in [0.2, 0.25) is 5.91 Å². The third kappa shape index (κ3) is 5.41. The number of nitrogens with one attached hydrogen (secondary N) is 2. The van der Waals surface area contributed by atoms with Crippen LogP contribution in [0.2, 0.25) is 0 Å². The smallest absolute Gasteiger partial charge is 0.225 e. The molecule has 0 aliphatic carbocycles. The van der Waals surface area contributed by atoms with Crippen molar-refractivity contribution in [1.82, 2.24) is 10.5 Å². The average Bonchev–Trinajstić information content (AvgIpc) is 3.01. The van der Waals surface area contributed by atoms with Crippen molar-refractivity contribution in [2.45, 2.75) is 39.3 Å². The number of carbonyl (C=O) groups excluding carboxylic acids is 1. The summed E-state index contributed by atoms with van der Waals surface area (Å²) in [6.45, 7) is 4.55. The molecule has 1 aromatic carbocycles. The summed E-state index contributed by atoms with van der Waals surface area (Å²) in [6, 6.07) is 9.21. The molecule has 1 heterocycles. The molecular formula is C17H23N3O3. The van der Waals surface area contributed by atoms with Gasteiger partial charge in [0.1, 0.15) is 5.75 Å². The van der Waals surface area contributed by atoms with Gasteiger partial charge in [-0.1, -0.05) is 12.1 Å². The molecule has 1 amide bonds. The Labute approximate surface area is 136 Å². The van der Waals surface area contributed by atoms with Crippen LogP contribution in [0.1, 0.15) is 31.7 Å². The van der Waals surface area contributed by atoms with Crippen LogP contribution in [0.3, 0.4) is 0 Å². The molecule has 23 heavy (non-hydrogen) atoms. The standard InChI is InChI=1S/C17H23N3O3/c1-4-13-10-16(23-20-13)11-18-12(2)9-17(21)19-14-5-7-15(22-3)8-6-14/h5-8,10,12,18H,4,9,11H2,1-3H3,(H,19,21)/t12-/m0/s1. The first kappa shape index (κ1) is 17.0. The van der Waals surface area contributed by atoms with Crippen molar-refractivity contribution in [3.05, 3.63) is 41.8 Å². The SMILES string of the molecule is CCc1cc(CN[C@@H](C)CC(=O)Nc2ccc(OC)cc2)on1. The van der Waals surface area contributed by atoms with Gasteiger partial charge in [0.15, 0.2) is 5.76 Å². The Balaban J connectivity index is 1.75. The van der Waals surface area contributed by atoms with Crippen molar-refractivity contribution in [2.24, 2.45) is 0 Å². The molecule has 0 spiro atoms. The van der Waals surface area contributed by atoms with E-state index in [0.29, 0.717) is 13.0 Å².